The van der Waals surface area contributed by atoms with E-state index in [9.17, 15) is 4.79 Å². The molecule has 1 aliphatic heterocycles. The highest BCUT2D eigenvalue weighted by Gasteiger charge is 2.34. The highest BCUT2D eigenvalue weighted by Crippen LogP contribution is 2.40. The molecule has 1 N–H and O–H groups in total. The highest BCUT2D eigenvalue weighted by molar-refractivity contribution is 5.66. The molecule has 4 nitrogen and oxygen atoms in total. The molecule has 0 amide bonds. The number of benzene rings is 1. The SMILES string of the molecule is O=C(O)CC/C=C\C[C@H]1CCN(Cc2cccnc2)[C@H]1c1ccccc1. The standard InChI is InChI=1S/C22H26N2O2/c25-21(26)12-6-2-5-11-20-13-15-24(17-18-8-7-14-23-16-18)22(20)19-9-3-1-4-10-19/h1-5,7-10,14,16,20,22H,6,11-13,15,17H2,(H,25,26)/b5-2-/t20-,22-/m0/s1. The second kappa shape index (κ2) is 9.30. The first-order valence-corrected chi connectivity index (χ1v) is 9.28. The molecule has 0 aliphatic carbocycles. The summed E-state index contributed by atoms with van der Waals surface area (Å²) in [6.45, 7) is 1.98. The van der Waals surface area contributed by atoms with Crippen LogP contribution in [0.15, 0.2) is 67.0 Å². The number of rotatable bonds is 8. The molecule has 136 valence electrons. The average molecular weight is 350 g/mol. The second-order valence-corrected chi connectivity index (χ2v) is 6.88. The molecule has 1 aromatic carbocycles. The second-order valence-electron chi connectivity index (χ2n) is 6.88. The molecule has 2 heterocycles. The summed E-state index contributed by atoms with van der Waals surface area (Å²) in [6.07, 6.45) is 10.9. The van der Waals surface area contributed by atoms with Gasteiger partial charge >= 0.3 is 5.97 Å². The van der Waals surface area contributed by atoms with Gasteiger partial charge in [-0.25, -0.2) is 0 Å². The van der Waals surface area contributed by atoms with Crippen LogP contribution < -0.4 is 0 Å². The first kappa shape index (κ1) is 18.3. The van der Waals surface area contributed by atoms with Crippen LogP contribution in [0.2, 0.25) is 0 Å². The number of nitrogens with zero attached hydrogens (tertiary/aromatic N) is 2. The Morgan fingerprint density at radius 3 is 2.77 bits per heavy atom. The van der Waals surface area contributed by atoms with Crippen molar-refractivity contribution in [3.8, 4) is 0 Å². The number of hydrogen-bond acceptors (Lipinski definition) is 3. The van der Waals surface area contributed by atoms with Gasteiger partial charge in [0.05, 0.1) is 0 Å². The van der Waals surface area contributed by atoms with E-state index in [0.29, 0.717) is 18.4 Å². The summed E-state index contributed by atoms with van der Waals surface area (Å²) in [5.74, 6) is -0.185. The molecule has 2 aromatic rings. The monoisotopic (exact) mass is 350 g/mol. The molecule has 1 saturated heterocycles. The van der Waals surface area contributed by atoms with E-state index in [0.717, 1.165) is 25.9 Å². The molecule has 0 unspecified atom stereocenters. The van der Waals surface area contributed by atoms with Crippen LogP contribution in [0.1, 0.15) is 42.9 Å². The van der Waals surface area contributed by atoms with E-state index in [1.807, 2.05) is 24.5 Å². The van der Waals surface area contributed by atoms with E-state index < -0.39 is 5.97 Å². The molecule has 26 heavy (non-hydrogen) atoms. The van der Waals surface area contributed by atoms with Crippen LogP contribution in [-0.4, -0.2) is 27.5 Å². The van der Waals surface area contributed by atoms with Gasteiger partial charge in [0.2, 0.25) is 0 Å². The summed E-state index contributed by atoms with van der Waals surface area (Å²) in [6, 6.07) is 15.2. The molecule has 1 aromatic heterocycles. The number of aliphatic carboxylic acids is 1. The fourth-order valence-electron chi connectivity index (χ4n) is 3.81. The molecular formula is C22H26N2O2. The molecule has 2 atom stereocenters. The molecule has 4 heteroatoms. The first-order valence-electron chi connectivity index (χ1n) is 9.28. The molecular weight excluding hydrogens is 324 g/mol. The highest BCUT2D eigenvalue weighted by atomic mass is 16.4. The minimum absolute atomic E-state index is 0.205. The number of carboxylic acid groups (broad SMARTS) is 1. The third-order valence-electron chi connectivity index (χ3n) is 5.01. The van der Waals surface area contributed by atoms with Gasteiger partial charge in [-0.1, -0.05) is 48.6 Å². The van der Waals surface area contributed by atoms with Gasteiger partial charge < -0.3 is 5.11 Å². The normalized spacial score (nSPS) is 20.6. The lowest BCUT2D eigenvalue weighted by molar-refractivity contribution is -0.136. The van der Waals surface area contributed by atoms with Crippen molar-refractivity contribution in [1.82, 2.24) is 9.88 Å². The smallest absolute Gasteiger partial charge is 0.303 e. The van der Waals surface area contributed by atoms with E-state index in [-0.39, 0.29) is 6.42 Å². The van der Waals surface area contributed by atoms with Gasteiger partial charge in [-0.2, -0.15) is 0 Å². The van der Waals surface area contributed by atoms with Crippen molar-refractivity contribution in [2.45, 2.75) is 38.3 Å². The van der Waals surface area contributed by atoms with Crippen LogP contribution in [0, 0.1) is 5.92 Å². The predicted molar refractivity (Wildman–Crippen MR) is 103 cm³/mol. The van der Waals surface area contributed by atoms with Crippen LogP contribution in [0.3, 0.4) is 0 Å². The van der Waals surface area contributed by atoms with Crippen molar-refractivity contribution in [2.24, 2.45) is 5.92 Å². The van der Waals surface area contributed by atoms with Gasteiger partial charge in [-0.15, -0.1) is 0 Å². The molecule has 1 aliphatic rings. The number of pyridine rings is 1. The predicted octanol–water partition coefficient (Wildman–Crippen LogP) is 4.46. The van der Waals surface area contributed by atoms with Crippen molar-refractivity contribution in [3.63, 3.8) is 0 Å². The van der Waals surface area contributed by atoms with Crippen molar-refractivity contribution in [2.75, 3.05) is 6.54 Å². The third-order valence-corrected chi connectivity index (χ3v) is 5.01. The van der Waals surface area contributed by atoms with Gasteiger partial charge in [0.25, 0.3) is 0 Å². The lowest BCUT2D eigenvalue weighted by Gasteiger charge is -2.28. The van der Waals surface area contributed by atoms with Gasteiger partial charge in [-0.05, 0) is 48.9 Å². The van der Waals surface area contributed by atoms with Crippen LogP contribution in [-0.2, 0) is 11.3 Å². The fraction of sp³-hybridized carbons (Fsp3) is 0.364. The minimum atomic E-state index is -0.736. The van der Waals surface area contributed by atoms with Gasteiger partial charge in [0, 0.05) is 31.4 Å². The Kier molecular flexibility index (Phi) is 6.56. The van der Waals surface area contributed by atoms with Crippen molar-refractivity contribution in [3.05, 3.63) is 78.1 Å². The Bertz CT molecular complexity index is 715. The van der Waals surface area contributed by atoms with Gasteiger partial charge in [0.1, 0.15) is 0 Å². The maximum absolute atomic E-state index is 10.6. The minimum Gasteiger partial charge on any atom is -0.481 e. The lowest BCUT2D eigenvalue weighted by atomic mass is 9.90. The largest absolute Gasteiger partial charge is 0.481 e. The topological polar surface area (TPSA) is 53.4 Å². The van der Waals surface area contributed by atoms with Crippen molar-refractivity contribution >= 4 is 5.97 Å². The molecule has 0 radical (unpaired) electrons. The molecule has 0 saturated carbocycles. The zero-order valence-electron chi connectivity index (χ0n) is 15.0. The van der Waals surface area contributed by atoms with E-state index in [1.165, 1.54) is 11.1 Å². The zero-order valence-corrected chi connectivity index (χ0v) is 15.0. The Labute approximate surface area is 155 Å². The maximum atomic E-state index is 10.6. The Morgan fingerprint density at radius 2 is 2.04 bits per heavy atom. The van der Waals surface area contributed by atoms with E-state index in [4.69, 9.17) is 5.11 Å². The van der Waals surface area contributed by atoms with Crippen LogP contribution >= 0.6 is 0 Å². The van der Waals surface area contributed by atoms with E-state index >= 15 is 0 Å². The number of hydrogen-bond donors (Lipinski definition) is 1. The summed E-state index contributed by atoms with van der Waals surface area (Å²) in [4.78, 5) is 17.4. The summed E-state index contributed by atoms with van der Waals surface area (Å²) < 4.78 is 0. The van der Waals surface area contributed by atoms with Crippen LogP contribution in [0.4, 0.5) is 0 Å². The molecule has 3 rings (SSSR count). The Hall–Kier alpha value is -2.46. The fourth-order valence-corrected chi connectivity index (χ4v) is 3.81. The third kappa shape index (κ3) is 5.02. The number of likely N-dealkylation sites (tertiary alicyclic amines) is 1. The van der Waals surface area contributed by atoms with Gasteiger partial charge in [-0.3, -0.25) is 14.7 Å². The quantitative estimate of drug-likeness (QED) is 0.714. The number of aromatic nitrogens is 1. The van der Waals surface area contributed by atoms with Crippen molar-refractivity contribution < 1.29 is 9.90 Å². The Morgan fingerprint density at radius 1 is 1.19 bits per heavy atom. The van der Waals surface area contributed by atoms with E-state index in [1.54, 1.807) is 0 Å². The lowest BCUT2D eigenvalue weighted by Crippen LogP contribution is -2.25. The van der Waals surface area contributed by atoms with Gasteiger partial charge in [0.15, 0.2) is 0 Å². The molecule has 0 bridgehead atoms. The number of carbonyl (C=O) groups is 1. The van der Waals surface area contributed by atoms with Crippen molar-refractivity contribution in [1.29, 1.82) is 0 Å². The molecule has 1 fully saturated rings. The summed E-state index contributed by atoms with van der Waals surface area (Å²) >= 11 is 0. The maximum Gasteiger partial charge on any atom is 0.303 e. The van der Waals surface area contributed by atoms with Crippen LogP contribution in [0.25, 0.3) is 0 Å². The summed E-state index contributed by atoms with van der Waals surface area (Å²) in [5.41, 5.74) is 2.60. The number of allylic oxidation sites excluding steroid dienone is 2. The Balaban J connectivity index is 1.69. The molecule has 0 spiro atoms. The van der Waals surface area contributed by atoms with Crippen LogP contribution in [0.5, 0.6) is 0 Å². The summed E-state index contributed by atoms with van der Waals surface area (Å²) in [5, 5.41) is 8.74. The van der Waals surface area contributed by atoms with E-state index in [2.05, 4.69) is 52.4 Å². The zero-order chi connectivity index (χ0) is 18.2. The number of carboxylic acids is 1. The first-order chi connectivity index (χ1) is 12.7. The summed E-state index contributed by atoms with van der Waals surface area (Å²) in [7, 11) is 0. The average Bonchev–Trinajstić information content (AvgIpc) is 3.05.